The van der Waals surface area contributed by atoms with Gasteiger partial charge in [0.25, 0.3) is 0 Å². The minimum absolute atomic E-state index is 0.0851. The summed E-state index contributed by atoms with van der Waals surface area (Å²) in [5.74, 6) is -0.0851. The maximum Gasteiger partial charge on any atom is 0.305 e. The first-order chi connectivity index (χ1) is 9.24. The van der Waals surface area contributed by atoms with Gasteiger partial charge >= 0.3 is 5.97 Å². The SMILES string of the molecule is CCOC(=O)CCCCCN(CCOC)CCOC. The van der Waals surface area contributed by atoms with Crippen molar-refractivity contribution in [2.75, 3.05) is 53.7 Å². The number of esters is 1. The number of carbonyl (C=O) groups excluding carboxylic acids is 1. The fraction of sp³-hybridized carbons (Fsp3) is 0.929. The molecule has 0 aliphatic carbocycles. The molecule has 0 radical (unpaired) electrons. The second-order valence-electron chi connectivity index (χ2n) is 4.44. The topological polar surface area (TPSA) is 48.0 Å². The zero-order chi connectivity index (χ0) is 14.3. The molecule has 0 atom stereocenters. The molecule has 5 nitrogen and oxygen atoms in total. The van der Waals surface area contributed by atoms with Gasteiger partial charge in [0.15, 0.2) is 0 Å². The second kappa shape index (κ2) is 13.8. The highest BCUT2D eigenvalue weighted by molar-refractivity contribution is 5.69. The van der Waals surface area contributed by atoms with E-state index in [1.165, 1.54) is 0 Å². The summed E-state index contributed by atoms with van der Waals surface area (Å²) in [6.45, 7) is 6.67. The summed E-state index contributed by atoms with van der Waals surface area (Å²) in [6.07, 6.45) is 3.58. The van der Waals surface area contributed by atoms with Crippen LogP contribution in [-0.4, -0.2) is 64.5 Å². The van der Waals surface area contributed by atoms with E-state index in [0.29, 0.717) is 13.0 Å². The molecule has 0 aromatic rings. The van der Waals surface area contributed by atoms with E-state index in [1.807, 2.05) is 6.92 Å². The first kappa shape index (κ1) is 18.4. The third-order valence-corrected chi connectivity index (χ3v) is 2.88. The van der Waals surface area contributed by atoms with E-state index < -0.39 is 0 Å². The van der Waals surface area contributed by atoms with Crippen molar-refractivity contribution in [3.05, 3.63) is 0 Å². The first-order valence-corrected chi connectivity index (χ1v) is 7.10. The van der Waals surface area contributed by atoms with Crippen LogP contribution in [0.2, 0.25) is 0 Å². The molecular weight excluding hydrogens is 246 g/mol. The number of methoxy groups -OCH3 is 2. The van der Waals surface area contributed by atoms with Crippen molar-refractivity contribution in [1.82, 2.24) is 4.90 Å². The van der Waals surface area contributed by atoms with E-state index in [4.69, 9.17) is 14.2 Å². The highest BCUT2D eigenvalue weighted by Crippen LogP contribution is 2.03. The Hall–Kier alpha value is -0.650. The van der Waals surface area contributed by atoms with Gasteiger partial charge in [0, 0.05) is 33.7 Å². The smallest absolute Gasteiger partial charge is 0.305 e. The minimum Gasteiger partial charge on any atom is -0.466 e. The van der Waals surface area contributed by atoms with Crippen molar-refractivity contribution in [1.29, 1.82) is 0 Å². The summed E-state index contributed by atoms with van der Waals surface area (Å²) in [5.41, 5.74) is 0. The highest BCUT2D eigenvalue weighted by atomic mass is 16.5. The molecule has 0 fully saturated rings. The summed E-state index contributed by atoms with van der Waals surface area (Å²) >= 11 is 0. The second-order valence-corrected chi connectivity index (χ2v) is 4.44. The molecule has 0 unspecified atom stereocenters. The van der Waals surface area contributed by atoms with Gasteiger partial charge in [0.1, 0.15) is 0 Å². The fourth-order valence-corrected chi connectivity index (χ4v) is 1.79. The van der Waals surface area contributed by atoms with Crippen LogP contribution in [0.3, 0.4) is 0 Å². The average Bonchev–Trinajstić information content (AvgIpc) is 2.41. The maximum absolute atomic E-state index is 11.2. The third kappa shape index (κ3) is 12.1. The predicted octanol–water partition coefficient (Wildman–Crippen LogP) is 1.70. The molecule has 0 saturated carbocycles. The minimum atomic E-state index is -0.0851. The molecule has 0 N–H and O–H groups in total. The van der Waals surface area contributed by atoms with Gasteiger partial charge in [-0.1, -0.05) is 6.42 Å². The molecule has 0 aromatic heterocycles. The Bertz CT molecular complexity index is 204. The molecule has 0 rings (SSSR count). The molecule has 0 aromatic carbocycles. The van der Waals surface area contributed by atoms with Crippen molar-refractivity contribution in [3.8, 4) is 0 Å². The largest absolute Gasteiger partial charge is 0.466 e. The van der Waals surface area contributed by atoms with E-state index in [1.54, 1.807) is 14.2 Å². The lowest BCUT2D eigenvalue weighted by Gasteiger charge is -2.21. The van der Waals surface area contributed by atoms with Crippen molar-refractivity contribution in [2.24, 2.45) is 0 Å². The summed E-state index contributed by atoms with van der Waals surface area (Å²) in [7, 11) is 3.43. The molecule has 0 saturated heterocycles. The molecule has 114 valence electrons. The Kier molecular flexibility index (Phi) is 13.3. The van der Waals surface area contributed by atoms with E-state index in [2.05, 4.69) is 4.90 Å². The first-order valence-electron chi connectivity index (χ1n) is 7.10. The van der Waals surface area contributed by atoms with Gasteiger partial charge in [-0.25, -0.2) is 0 Å². The predicted molar refractivity (Wildman–Crippen MR) is 75.3 cm³/mol. The van der Waals surface area contributed by atoms with Crippen LogP contribution in [0.1, 0.15) is 32.6 Å². The van der Waals surface area contributed by atoms with E-state index in [-0.39, 0.29) is 5.97 Å². The van der Waals surface area contributed by atoms with Crippen molar-refractivity contribution < 1.29 is 19.0 Å². The summed E-state index contributed by atoms with van der Waals surface area (Å²) in [5, 5.41) is 0. The maximum atomic E-state index is 11.2. The third-order valence-electron chi connectivity index (χ3n) is 2.88. The van der Waals surface area contributed by atoms with E-state index in [9.17, 15) is 4.79 Å². The Morgan fingerprint density at radius 3 is 2.11 bits per heavy atom. The molecular formula is C14H29NO4. The number of hydrogen-bond donors (Lipinski definition) is 0. The molecule has 0 amide bonds. The Morgan fingerprint density at radius 1 is 0.947 bits per heavy atom. The van der Waals surface area contributed by atoms with Gasteiger partial charge in [-0.05, 0) is 26.3 Å². The summed E-state index contributed by atoms with van der Waals surface area (Å²) in [6, 6.07) is 0. The molecule has 19 heavy (non-hydrogen) atoms. The highest BCUT2D eigenvalue weighted by Gasteiger charge is 2.05. The van der Waals surface area contributed by atoms with Crippen molar-refractivity contribution >= 4 is 5.97 Å². The van der Waals surface area contributed by atoms with Crippen LogP contribution < -0.4 is 0 Å². The number of carbonyl (C=O) groups is 1. The zero-order valence-electron chi connectivity index (χ0n) is 12.7. The van der Waals surface area contributed by atoms with Crippen molar-refractivity contribution in [2.45, 2.75) is 32.6 Å². The lowest BCUT2D eigenvalue weighted by Crippen LogP contribution is -2.31. The Balaban J connectivity index is 3.58. The normalized spacial score (nSPS) is 10.9. The van der Waals surface area contributed by atoms with Gasteiger partial charge in [-0.15, -0.1) is 0 Å². The van der Waals surface area contributed by atoms with E-state index in [0.717, 1.165) is 52.1 Å². The zero-order valence-corrected chi connectivity index (χ0v) is 12.7. The fourth-order valence-electron chi connectivity index (χ4n) is 1.79. The van der Waals surface area contributed by atoms with Crippen LogP contribution in [-0.2, 0) is 19.0 Å². The van der Waals surface area contributed by atoms with Crippen molar-refractivity contribution in [3.63, 3.8) is 0 Å². The summed E-state index contributed by atoms with van der Waals surface area (Å²) < 4.78 is 15.1. The molecule has 0 heterocycles. The van der Waals surface area contributed by atoms with Crippen LogP contribution in [0.5, 0.6) is 0 Å². The molecule has 0 aliphatic heterocycles. The van der Waals surface area contributed by atoms with Gasteiger partial charge in [-0.3, -0.25) is 9.69 Å². The van der Waals surface area contributed by atoms with Gasteiger partial charge in [0.2, 0.25) is 0 Å². The number of rotatable bonds is 13. The van der Waals surface area contributed by atoms with Gasteiger partial charge in [0.05, 0.1) is 19.8 Å². The average molecular weight is 275 g/mol. The molecule has 0 spiro atoms. The Labute approximate surface area is 117 Å². The molecule has 5 heteroatoms. The lowest BCUT2D eigenvalue weighted by molar-refractivity contribution is -0.143. The van der Waals surface area contributed by atoms with Crippen LogP contribution in [0, 0.1) is 0 Å². The van der Waals surface area contributed by atoms with Gasteiger partial charge in [-0.2, -0.15) is 0 Å². The number of nitrogens with zero attached hydrogens (tertiary/aromatic N) is 1. The standard InChI is InChI=1S/C14H29NO4/c1-4-19-14(16)8-6-5-7-9-15(10-12-17-2)11-13-18-3/h4-13H2,1-3H3. The van der Waals surface area contributed by atoms with Crippen LogP contribution >= 0.6 is 0 Å². The van der Waals surface area contributed by atoms with E-state index >= 15 is 0 Å². The number of unbranched alkanes of at least 4 members (excludes halogenated alkanes) is 2. The summed E-state index contributed by atoms with van der Waals surface area (Å²) in [4.78, 5) is 13.5. The molecule has 0 bridgehead atoms. The van der Waals surface area contributed by atoms with Crippen LogP contribution in [0.4, 0.5) is 0 Å². The monoisotopic (exact) mass is 275 g/mol. The number of ether oxygens (including phenoxy) is 3. The quantitative estimate of drug-likeness (QED) is 0.378. The lowest BCUT2D eigenvalue weighted by atomic mass is 10.2. The van der Waals surface area contributed by atoms with Crippen LogP contribution in [0.25, 0.3) is 0 Å². The number of hydrogen-bond acceptors (Lipinski definition) is 5. The molecule has 0 aliphatic rings. The Morgan fingerprint density at radius 2 is 1.58 bits per heavy atom. The van der Waals surface area contributed by atoms with Crippen LogP contribution in [0.15, 0.2) is 0 Å². The van der Waals surface area contributed by atoms with Gasteiger partial charge < -0.3 is 14.2 Å².